The van der Waals surface area contributed by atoms with Crippen LogP contribution in [0.1, 0.15) is 0 Å². The summed E-state index contributed by atoms with van der Waals surface area (Å²) in [6.07, 6.45) is 0. The van der Waals surface area contributed by atoms with Crippen LogP contribution in [0.3, 0.4) is 0 Å². The second kappa shape index (κ2) is 3.99. The molecule has 0 fully saturated rings. The van der Waals surface area contributed by atoms with Crippen molar-refractivity contribution in [2.24, 2.45) is 0 Å². The Hall–Kier alpha value is -1.41. The van der Waals surface area contributed by atoms with Crippen LogP contribution in [0, 0.1) is 17.7 Å². The van der Waals surface area contributed by atoms with E-state index >= 15 is 0 Å². The van der Waals surface area contributed by atoms with Crippen molar-refractivity contribution in [2.75, 3.05) is 0 Å². The van der Waals surface area contributed by atoms with Gasteiger partial charge in [-0.1, -0.05) is 29.8 Å². The third-order valence-electron chi connectivity index (χ3n) is 1.98. The Morgan fingerprint density at radius 3 is 2.33 bits per heavy atom. The van der Waals surface area contributed by atoms with E-state index in [9.17, 15) is 8.78 Å². The maximum atomic E-state index is 13.0. The molecule has 75 valence electrons. The fourth-order valence-corrected chi connectivity index (χ4v) is 1.58. The van der Waals surface area contributed by atoms with E-state index in [1.165, 1.54) is 12.1 Å². The summed E-state index contributed by atoms with van der Waals surface area (Å²) in [4.78, 5) is 0. The van der Waals surface area contributed by atoms with E-state index in [0.29, 0.717) is 16.1 Å². The zero-order chi connectivity index (χ0) is 10.8. The smallest absolute Gasteiger partial charge is 0.126 e. The first kappa shape index (κ1) is 10.1. The highest BCUT2D eigenvalue weighted by Crippen LogP contribution is 2.28. The van der Waals surface area contributed by atoms with E-state index in [-0.39, 0.29) is 0 Å². The summed E-state index contributed by atoms with van der Waals surface area (Å²) in [5.74, 6) is -1.24. The van der Waals surface area contributed by atoms with Crippen LogP contribution in [0.2, 0.25) is 5.02 Å². The summed E-state index contributed by atoms with van der Waals surface area (Å²) in [5, 5.41) is 0.350. The summed E-state index contributed by atoms with van der Waals surface area (Å²) in [5.41, 5.74) is 0.979. The highest BCUT2D eigenvalue weighted by molar-refractivity contribution is 6.33. The molecule has 0 saturated carbocycles. The largest absolute Gasteiger partial charge is 0.207 e. The Bertz CT molecular complexity index is 474. The number of hydrogen-bond acceptors (Lipinski definition) is 0. The summed E-state index contributed by atoms with van der Waals surface area (Å²) < 4.78 is 25.9. The standard InChI is InChI=1S/C12H6ClF2/c13-12-4-2-1-3-11(12)8-5-9(14)7-10(15)6-8/h1-3,5-7H. The lowest BCUT2D eigenvalue weighted by molar-refractivity contribution is 0.584. The molecule has 0 saturated heterocycles. The highest BCUT2D eigenvalue weighted by Gasteiger charge is 2.06. The molecule has 0 heterocycles. The fourth-order valence-electron chi connectivity index (χ4n) is 1.35. The first-order valence-electron chi connectivity index (χ1n) is 4.29. The van der Waals surface area contributed by atoms with Gasteiger partial charge in [-0.05, 0) is 17.7 Å². The second-order valence-corrected chi connectivity index (χ2v) is 3.43. The Labute approximate surface area is 91.1 Å². The predicted octanol–water partition coefficient (Wildman–Crippen LogP) is 4.09. The molecule has 0 aliphatic rings. The Balaban J connectivity index is 2.59. The number of benzene rings is 2. The molecular weight excluding hydrogens is 218 g/mol. The molecule has 2 rings (SSSR count). The van der Waals surface area contributed by atoms with E-state index < -0.39 is 11.6 Å². The summed E-state index contributed by atoms with van der Waals surface area (Å²) in [7, 11) is 0. The molecule has 0 atom stereocenters. The average molecular weight is 224 g/mol. The molecule has 0 unspecified atom stereocenters. The Morgan fingerprint density at radius 2 is 1.73 bits per heavy atom. The van der Waals surface area contributed by atoms with Gasteiger partial charge >= 0.3 is 0 Å². The Morgan fingerprint density at radius 1 is 1.07 bits per heavy atom. The molecule has 0 amide bonds. The minimum atomic E-state index is -0.620. The van der Waals surface area contributed by atoms with Crippen molar-refractivity contribution >= 4 is 11.6 Å². The van der Waals surface area contributed by atoms with Crippen LogP contribution in [-0.2, 0) is 0 Å². The molecule has 0 N–H and O–H groups in total. The molecule has 0 aliphatic carbocycles. The molecule has 0 bridgehead atoms. The second-order valence-electron chi connectivity index (χ2n) is 3.06. The first-order valence-corrected chi connectivity index (χ1v) is 4.67. The van der Waals surface area contributed by atoms with Crippen molar-refractivity contribution in [2.45, 2.75) is 0 Å². The van der Waals surface area contributed by atoms with Gasteiger partial charge in [0, 0.05) is 17.7 Å². The molecule has 2 aromatic rings. The highest BCUT2D eigenvalue weighted by atomic mass is 35.5. The van der Waals surface area contributed by atoms with Crippen molar-refractivity contribution in [3.05, 3.63) is 59.1 Å². The predicted molar refractivity (Wildman–Crippen MR) is 55.6 cm³/mol. The summed E-state index contributed by atoms with van der Waals surface area (Å²) >= 11 is 5.86. The lowest BCUT2D eigenvalue weighted by Gasteiger charge is -2.04. The molecule has 0 aliphatic heterocycles. The molecule has 0 spiro atoms. The minimum Gasteiger partial charge on any atom is -0.207 e. The molecule has 15 heavy (non-hydrogen) atoms. The van der Waals surface area contributed by atoms with Gasteiger partial charge in [0.1, 0.15) is 11.6 Å². The van der Waals surface area contributed by atoms with Gasteiger partial charge in [0.05, 0.1) is 5.02 Å². The average Bonchev–Trinajstić information content (AvgIpc) is 2.16. The van der Waals surface area contributed by atoms with Gasteiger partial charge in [0.15, 0.2) is 0 Å². The van der Waals surface area contributed by atoms with Crippen LogP contribution in [0.5, 0.6) is 0 Å². The van der Waals surface area contributed by atoms with E-state index in [1.807, 2.05) is 0 Å². The molecule has 0 aromatic heterocycles. The first-order chi connectivity index (χ1) is 7.16. The van der Waals surface area contributed by atoms with Crippen molar-refractivity contribution in [1.82, 2.24) is 0 Å². The number of halogens is 3. The number of hydrogen-bond donors (Lipinski definition) is 0. The van der Waals surface area contributed by atoms with Gasteiger partial charge < -0.3 is 0 Å². The van der Waals surface area contributed by atoms with Crippen molar-refractivity contribution in [3.63, 3.8) is 0 Å². The molecular formula is C12H6ClF2. The topological polar surface area (TPSA) is 0 Å². The third-order valence-corrected chi connectivity index (χ3v) is 2.29. The van der Waals surface area contributed by atoms with Gasteiger partial charge in [-0.2, -0.15) is 0 Å². The quantitative estimate of drug-likeness (QED) is 0.683. The van der Waals surface area contributed by atoms with E-state index in [0.717, 1.165) is 6.07 Å². The van der Waals surface area contributed by atoms with Crippen LogP contribution in [0.15, 0.2) is 36.4 Å². The van der Waals surface area contributed by atoms with Crippen LogP contribution in [0.4, 0.5) is 8.78 Å². The zero-order valence-corrected chi connectivity index (χ0v) is 8.35. The molecule has 1 radical (unpaired) electrons. The minimum absolute atomic E-state index is 0.350. The fraction of sp³-hybridized carbons (Fsp3) is 0. The number of rotatable bonds is 1. The summed E-state index contributed by atoms with van der Waals surface area (Å²) in [6, 6.07) is 11.1. The van der Waals surface area contributed by atoms with Crippen LogP contribution in [-0.4, -0.2) is 0 Å². The van der Waals surface area contributed by atoms with Gasteiger partial charge in [-0.3, -0.25) is 0 Å². The van der Waals surface area contributed by atoms with Gasteiger partial charge in [0.2, 0.25) is 0 Å². The third kappa shape index (κ3) is 2.16. The monoisotopic (exact) mass is 223 g/mol. The van der Waals surface area contributed by atoms with Gasteiger partial charge in [0.25, 0.3) is 0 Å². The van der Waals surface area contributed by atoms with Crippen LogP contribution < -0.4 is 0 Å². The zero-order valence-electron chi connectivity index (χ0n) is 7.60. The van der Waals surface area contributed by atoms with Gasteiger partial charge in [-0.25, -0.2) is 8.78 Å². The molecule has 3 heteroatoms. The molecule has 0 nitrogen and oxygen atoms in total. The van der Waals surface area contributed by atoms with Crippen molar-refractivity contribution < 1.29 is 8.78 Å². The van der Waals surface area contributed by atoms with Gasteiger partial charge in [-0.15, -0.1) is 0 Å². The van der Waals surface area contributed by atoms with Crippen LogP contribution in [0.25, 0.3) is 11.1 Å². The maximum absolute atomic E-state index is 13.0. The van der Waals surface area contributed by atoms with Crippen molar-refractivity contribution in [3.8, 4) is 11.1 Å². The van der Waals surface area contributed by atoms with E-state index in [1.54, 1.807) is 18.2 Å². The SMILES string of the molecule is Fc1cc(F)cc(-c2ccc[c]c2Cl)c1. The van der Waals surface area contributed by atoms with Crippen LogP contribution >= 0.6 is 11.6 Å². The Kier molecular flexibility index (Phi) is 2.69. The lowest BCUT2D eigenvalue weighted by Crippen LogP contribution is -1.84. The summed E-state index contributed by atoms with van der Waals surface area (Å²) in [6.45, 7) is 0. The van der Waals surface area contributed by atoms with E-state index in [2.05, 4.69) is 6.07 Å². The normalized spacial score (nSPS) is 10.3. The van der Waals surface area contributed by atoms with E-state index in [4.69, 9.17) is 11.6 Å². The molecule has 2 aromatic carbocycles. The maximum Gasteiger partial charge on any atom is 0.126 e. The lowest BCUT2D eigenvalue weighted by atomic mass is 10.1. The van der Waals surface area contributed by atoms with Crippen molar-refractivity contribution in [1.29, 1.82) is 0 Å².